The molecule has 1 nitrogen and oxygen atoms in total. The second-order valence-electron chi connectivity index (χ2n) is 6.02. The van der Waals surface area contributed by atoms with E-state index in [2.05, 4.69) is 69.6 Å². The van der Waals surface area contributed by atoms with Crippen LogP contribution in [-0.2, 0) is 11.8 Å². The van der Waals surface area contributed by atoms with Gasteiger partial charge in [0.25, 0.3) is 0 Å². The van der Waals surface area contributed by atoms with Gasteiger partial charge in [-0.25, -0.2) is 0 Å². The summed E-state index contributed by atoms with van der Waals surface area (Å²) in [6, 6.07) is 8.88. The molecule has 19 heavy (non-hydrogen) atoms. The Bertz CT molecular complexity index is 622. The molecule has 0 bridgehead atoms. The molecule has 0 fully saturated rings. The molecule has 0 spiro atoms. The Kier molecular flexibility index (Phi) is 3.66. The van der Waals surface area contributed by atoms with Gasteiger partial charge in [0.15, 0.2) is 0 Å². The van der Waals surface area contributed by atoms with Crippen LogP contribution >= 0.6 is 0 Å². The molecule has 0 aliphatic carbocycles. The Hall–Kier alpha value is -1.76. The SMILES string of the molecule is C=CC(C)(C)c1cc2ccc(CC=C(C)C)cc2[nH]1. The van der Waals surface area contributed by atoms with Crippen LogP contribution in [0.4, 0.5) is 0 Å². The highest BCUT2D eigenvalue weighted by molar-refractivity contribution is 5.81. The molecule has 0 aliphatic rings. The predicted octanol–water partition coefficient (Wildman–Crippen LogP) is 5.14. The number of nitrogens with one attached hydrogen (secondary N) is 1. The molecule has 100 valence electrons. The molecule has 2 aromatic rings. The molecule has 1 heterocycles. The molecule has 0 atom stereocenters. The van der Waals surface area contributed by atoms with Crippen molar-refractivity contribution >= 4 is 10.9 Å². The van der Waals surface area contributed by atoms with Crippen LogP contribution in [0.25, 0.3) is 10.9 Å². The highest BCUT2D eigenvalue weighted by Gasteiger charge is 2.18. The summed E-state index contributed by atoms with van der Waals surface area (Å²) in [6.45, 7) is 12.5. The lowest BCUT2D eigenvalue weighted by atomic mass is 9.90. The topological polar surface area (TPSA) is 15.8 Å². The normalized spacial score (nSPS) is 11.6. The largest absolute Gasteiger partial charge is 0.358 e. The van der Waals surface area contributed by atoms with E-state index in [1.165, 1.54) is 27.7 Å². The monoisotopic (exact) mass is 253 g/mol. The van der Waals surface area contributed by atoms with Gasteiger partial charge in [-0.15, -0.1) is 6.58 Å². The maximum atomic E-state index is 3.92. The third-order valence-corrected chi connectivity index (χ3v) is 3.64. The number of rotatable bonds is 4. The van der Waals surface area contributed by atoms with Crippen molar-refractivity contribution in [1.82, 2.24) is 4.98 Å². The van der Waals surface area contributed by atoms with Crippen molar-refractivity contribution in [3.8, 4) is 0 Å². The second-order valence-corrected chi connectivity index (χ2v) is 6.02. The average molecular weight is 253 g/mol. The van der Waals surface area contributed by atoms with Crippen molar-refractivity contribution in [1.29, 1.82) is 0 Å². The second kappa shape index (κ2) is 5.08. The minimum absolute atomic E-state index is 0.0148. The lowest BCUT2D eigenvalue weighted by Gasteiger charge is -2.17. The number of allylic oxidation sites excluding steroid dienone is 3. The molecule has 1 aromatic heterocycles. The van der Waals surface area contributed by atoms with Crippen molar-refractivity contribution in [3.63, 3.8) is 0 Å². The lowest BCUT2D eigenvalue weighted by molar-refractivity contribution is 0.652. The molecular formula is C18H23N. The number of aromatic amines is 1. The van der Waals surface area contributed by atoms with Crippen molar-refractivity contribution < 1.29 is 0 Å². The fraction of sp³-hybridized carbons (Fsp3) is 0.333. The van der Waals surface area contributed by atoms with Gasteiger partial charge in [-0.3, -0.25) is 0 Å². The van der Waals surface area contributed by atoms with Crippen molar-refractivity contribution in [2.45, 2.75) is 39.5 Å². The molecule has 0 saturated heterocycles. The Balaban J connectivity index is 2.39. The van der Waals surface area contributed by atoms with Gasteiger partial charge in [-0.05, 0) is 43.4 Å². The van der Waals surface area contributed by atoms with Gasteiger partial charge in [0.1, 0.15) is 0 Å². The number of hydrogen-bond acceptors (Lipinski definition) is 0. The molecule has 0 amide bonds. The van der Waals surface area contributed by atoms with Gasteiger partial charge in [0, 0.05) is 16.6 Å². The predicted molar refractivity (Wildman–Crippen MR) is 84.7 cm³/mol. The van der Waals surface area contributed by atoms with Crippen molar-refractivity contribution in [2.75, 3.05) is 0 Å². The van der Waals surface area contributed by atoms with Crippen LogP contribution in [-0.4, -0.2) is 4.98 Å². The minimum atomic E-state index is -0.0148. The van der Waals surface area contributed by atoms with E-state index in [1.54, 1.807) is 0 Å². The number of fused-ring (bicyclic) bond motifs is 1. The first-order chi connectivity index (χ1) is 8.92. The highest BCUT2D eigenvalue weighted by atomic mass is 14.7. The maximum Gasteiger partial charge on any atom is 0.0459 e. The van der Waals surface area contributed by atoms with E-state index in [9.17, 15) is 0 Å². The zero-order valence-electron chi connectivity index (χ0n) is 12.4. The summed E-state index contributed by atoms with van der Waals surface area (Å²) in [7, 11) is 0. The van der Waals surface area contributed by atoms with Gasteiger partial charge >= 0.3 is 0 Å². The van der Waals surface area contributed by atoms with Crippen LogP contribution in [0.3, 0.4) is 0 Å². The third kappa shape index (κ3) is 2.98. The molecular weight excluding hydrogens is 230 g/mol. The van der Waals surface area contributed by atoms with Crippen LogP contribution in [0.5, 0.6) is 0 Å². The smallest absolute Gasteiger partial charge is 0.0459 e. The first-order valence-electron chi connectivity index (χ1n) is 6.81. The number of H-pyrrole nitrogens is 1. The van der Waals surface area contributed by atoms with E-state index in [0.717, 1.165) is 6.42 Å². The summed E-state index contributed by atoms with van der Waals surface area (Å²) in [6.07, 6.45) is 5.25. The van der Waals surface area contributed by atoms with Gasteiger partial charge < -0.3 is 4.98 Å². The molecule has 2 rings (SSSR count). The van der Waals surface area contributed by atoms with Crippen LogP contribution in [0.15, 0.2) is 48.6 Å². The van der Waals surface area contributed by atoms with E-state index in [1.807, 2.05) is 6.08 Å². The summed E-state index contributed by atoms with van der Waals surface area (Å²) < 4.78 is 0. The van der Waals surface area contributed by atoms with Crippen LogP contribution < -0.4 is 0 Å². The van der Waals surface area contributed by atoms with E-state index in [4.69, 9.17) is 0 Å². The molecule has 1 N–H and O–H groups in total. The summed E-state index contributed by atoms with van der Waals surface area (Å²) in [5.74, 6) is 0. The van der Waals surface area contributed by atoms with E-state index in [0.29, 0.717) is 0 Å². The number of benzene rings is 1. The van der Waals surface area contributed by atoms with Gasteiger partial charge in [-0.2, -0.15) is 0 Å². The molecule has 1 aromatic carbocycles. The molecule has 0 unspecified atom stereocenters. The zero-order chi connectivity index (χ0) is 14.0. The summed E-state index contributed by atoms with van der Waals surface area (Å²) in [5.41, 5.74) is 5.12. The molecule has 0 aliphatic heterocycles. The zero-order valence-corrected chi connectivity index (χ0v) is 12.4. The maximum absolute atomic E-state index is 3.92. The van der Waals surface area contributed by atoms with Crippen LogP contribution in [0.2, 0.25) is 0 Å². The Labute approximate surface area is 116 Å². The lowest BCUT2D eigenvalue weighted by Crippen LogP contribution is -2.12. The molecule has 1 heteroatoms. The quantitative estimate of drug-likeness (QED) is 0.726. The fourth-order valence-corrected chi connectivity index (χ4v) is 2.08. The first-order valence-corrected chi connectivity index (χ1v) is 6.81. The molecule has 0 saturated carbocycles. The highest BCUT2D eigenvalue weighted by Crippen LogP contribution is 2.27. The standard InChI is InChI=1S/C18H23N/c1-6-18(4,5)17-12-15-10-9-14(8-7-13(2)3)11-16(15)19-17/h6-7,9-12,19H,1,8H2,2-5H3. The Morgan fingerprint density at radius 2 is 2.00 bits per heavy atom. The fourth-order valence-electron chi connectivity index (χ4n) is 2.08. The summed E-state index contributed by atoms with van der Waals surface area (Å²) in [5, 5.41) is 1.27. The Morgan fingerprint density at radius 3 is 2.63 bits per heavy atom. The molecule has 0 radical (unpaired) electrons. The van der Waals surface area contributed by atoms with Crippen LogP contribution in [0.1, 0.15) is 39.0 Å². The van der Waals surface area contributed by atoms with Crippen LogP contribution in [0, 0.1) is 0 Å². The van der Waals surface area contributed by atoms with E-state index < -0.39 is 0 Å². The third-order valence-electron chi connectivity index (χ3n) is 3.64. The first kappa shape index (κ1) is 13.7. The van der Waals surface area contributed by atoms with Crippen molar-refractivity contribution in [3.05, 3.63) is 59.8 Å². The van der Waals surface area contributed by atoms with Gasteiger partial charge in [0.2, 0.25) is 0 Å². The van der Waals surface area contributed by atoms with Gasteiger partial charge in [-0.1, -0.05) is 43.7 Å². The van der Waals surface area contributed by atoms with Gasteiger partial charge in [0.05, 0.1) is 0 Å². The van der Waals surface area contributed by atoms with Crippen molar-refractivity contribution in [2.24, 2.45) is 0 Å². The van der Waals surface area contributed by atoms with E-state index >= 15 is 0 Å². The summed E-state index contributed by atoms with van der Waals surface area (Å²) in [4.78, 5) is 3.52. The number of aromatic nitrogens is 1. The van der Waals surface area contributed by atoms with E-state index in [-0.39, 0.29) is 5.41 Å². The summed E-state index contributed by atoms with van der Waals surface area (Å²) >= 11 is 0. The minimum Gasteiger partial charge on any atom is -0.358 e. The Morgan fingerprint density at radius 1 is 1.26 bits per heavy atom. The number of hydrogen-bond donors (Lipinski definition) is 1. The average Bonchev–Trinajstić information content (AvgIpc) is 2.80.